The summed E-state index contributed by atoms with van der Waals surface area (Å²) in [6.45, 7) is 0.132. The number of aromatic amines is 11. The van der Waals surface area contributed by atoms with E-state index < -0.39 is 74.4 Å². The number of nitrogens with one attached hydrogen (secondary N) is 17. The molecule has 24 rings (SSSR count). The fourth-order valence-electron chi connectivity index (χ4n) is 16.1. The minimum Gasteiger partial charge on any atom is -0.439 e. The highest BCUT2D eigenvalue weighted by atomic mass is 35.5. The Kier molecular flexibility index (Phi) is 21.6. The largest absolute Gasteiger partial charge is 0.439 e. The van der Waals surface area contributed by atoms with E-state index in [2.05, 4.69) is 158 Å². The summed E-state index contributed by atoms with van der Waals surface area (Å²) in [4.78, 5) is 107. The smallest absolute Gasteiger partial charge is 0.417 e. The fraction of sp³-hybridized carbons (Fsp3) is 0.0659. The standard InChI is InChI=1S/C25H16F3N7O2.C23H15F3N8O.C22H15F3N8O2.C21H12ClFN8O/c26-25(27,28)21-15(10-11-17-20(21)24(36)35-33-17)22-29-18(12-19(31-22)37-13-6-2-1-3-7-13)30-23-14-8-4-5-9-16(14)32-34-23;24-23(25,26)19-13(6-5-11-8-28-22(35)18(11)19)20-30-15(16-9-27-10-29-16)7-17(31-20)32-21-12-3-1-2-4-14(12)33-34-21;23-22(24,25)17-10(5-6-13-16(17)21(35)33-31-13)18-27-14-7-15(34)26-8-11(14)19(28-18)29-20-9-3-1-2-4-12(9)30-32-20;22-16-10(4-5-13-15(16)21(32)31-28-13)19-25-14-8-24-7-6-9(14)18(26-19)27-20-11-2-1-3-12(23)17(11)29-30-20/h1-12H,(H2,33,35,36)(H2,29,30,31,32,34);1-7,9-10H,8H2,(H,27,29)(H,28,35)(H2,30,31,32,33,34);1-6H,7-8H2,(H,26,34)(H2,31,33,35)(H2,27,28,29,30,32);1-8H,(H2,28,31,32)(H2,25,26,27,29,30). The minimum atomic E-state index is -4.87. The van der Waals surface area contributed by atoms with E-state index in [4.69, 9.17) is 16.3 Å². The van der Waals surface area contributed by atoms with Gasteiger partial charge in [0.15, 0.2) is 46.6 Å². The number of imidazole rings is 1. The second-order valence-corrected chi connectivity index (χ2v) is 31.4. The van der Waals surface area contributed by atoms with Crippen molar-refractivity contribution >= 4 is 157 Å². The van der Waals surface area contributed by atoms with E-state index in [1.165, 1.54) is 61.1 Å². The molecule has 22 aromatic rings. The Balaban J connectivity index is 0.000000110. The lowest BCUT2D eigenvalue weighted by atomic mass is 9.96. The molecular formula is C91H58ClF10N31O6. The Hall–Kier alpha value is -18.9. The fourth-order valence-corrected chi connectivity index (χ4v) is 16.5. The number of H-pyrrole nitrogens is 11. The number of alkyl halides is 9. The highest BCUT2D eigenvalue weighted by molar-refractivity contribution is 6.38. The van der Waals surface area contributed by atoms with Crippen molar-refractivity contribution in [1.29, 1.82) is 0 Å². The maximum atomic E-state index is 14.3. The maximum absolute atomic E-state index is 14.3. The Morgan fingerprint density at radius 2 is 0.914 bits per heavy atom. The maximum Gasteiger partial charge on any atom is 0.417 e. The van der Waals surface area contributed by atoms with Crippen LogP contribution in [0.4, 0.5) is 90.4 Å². The molecule has 0 saturated heterocycles. The number of aromatic nitrogens is 25. The molecule has 0 saturated carbocycles. The first-order valence-corrected chi connectivity index (χ1v) is 41.8. The highest BCUT2D eigenvalue weighted by Gasteiger charge is 2.44. The summed E-state index contributed by atoms with van der Waals surface area (Å²) in [7, 11) is 0. The van der Waals surface area contributed by atoms with Gasteiger partial charge in [-0.25, -0.2) is 44.3 Å². The van der Waals surface area contributed by atoms with E-state index in [0.717, 1.165) is 32.7 Å². The zero-order chi connectivity index (χ0) is 95.9. The van der Waals surface area contributed by atoms with Crippen LogP contribution in [0.1, 0.15) is 43.9 Å². The first kappa shape index (κ1) is 86.8. The van der Waals surface area contributed by atoms with Gasteiger partial charge < -0.3 is 41.6 Å². The molecule has 0 radical (unpaired) electrons. The van der Waals surface area contributed by atoms with Crippen LogP contribution in [0.25, 0.3) is 144 Å². The van der Waals surface area contributed by atoms with Crippen molar-refractivity contribution in [1.82, 2.24) is 137 Å². The van der Waals surface area contributed by atoms with Crippen molar-refractivity contribution in [2.45, 2.75) is 38.0 Å². The normalized spacial score (nSPS) is 12.6. The van der Waals surface area contributed by atoms with Gasteiger partial charge in [-0.3, -0.25) is 79.9 Å². The molecule has 0 bridgehead atoms. The number of anilines is 8. The second-order valence-electron chi connectivity index (χ2n) is 31.0. The van der Waals surface area contributed by atoms with Crippen LogP contribution in [0.15, 0.2) is 227 Å². The van der Waals surface area contributed by atoms with Crippen molar-refractivity contribution in [3.8, 4) is 68.6 Å². The molecule has 37 nitrogen and oxygen atoms in total. The van der Waals surface area contributed by atoms with Crippen molar-refractivity contribution in [3.63, 3.8) is 0 Å². The average Bonchev–Trinajstić information content (AvgIpc) is 1.74. The number of carbonyl (C=O) groups is 2. The van der Waals surface area contributed by atoms with Crippen molar-refractivity contribution in [3.05, 3.63) is 294 Å². The molecule has 690 valence electrons. The number of pyridine rings is 1. The molecule has 0 aliphatic carbocycles. The molecular weight excluding hydrogens is 1850 g/mol. The summed E-state index contributed by atoms with van der Waals surface area (Å²) in [5, 5.41) is 63.4. The molecule has 13 aromatic heterocycles. The number of hydrogen-bond donors (Lipinski definition) is 17. The van der Waals surface area contributed by atoms with Gasteiger partial charge in [-0.15, -0.1) is 0 Å². The summed E-state index contributed by atoms with van der Waals surface area (Å²) < 4.78 is 148. The van der Waals surface area contributed by atoms with E-state index in [9.17, 15) is 67.9 Å². The number of nitrogens with zero attached hydrogens (tertiary/aromatic N) is 14. The van der Waals surface area contributed by atoms with Crippen LogP contribution in [0.3, 0.4) is 0 Å². The van der Waals surface area contributed by atoms with Gasteiger partial charge in [0.05, 0.1) is 124 Å². The summed E-state index contributed by atoms with van der Waals surface area (Å²) >= 11 is 6.55. The molecule has 0 fully saturated rings. The third kappa shape index (κ3) is 16.7. The number of rotatable bonds is 15. The quantitative estimate of drug-likeness (QED) is 0.0424. The van der Waals surface area contributed by atoms with Crippen LogP contribution in [-0.2, 0) is 42.8 Å². The lowest BCUT2D eigenvalue weighted by Crippen LogP contribution is -2.32. The number of halogens is 11. The third-order valence-electron chi connectivity index (χ3n) is 22.4. The van der Waals surface area contributed by atoms with Crippen LogP contribution in [0, 0.1) is 5.82 Å². The first-order chi connectivity index (χ1) is 67.1. The topological polar surface area (TPSA) is 521 Å². The predicted molar refractivity (Wildman–Crippen MR) is 491 cm³/mol. The van der Waals surface area contributed by atoms with Gasteiger partial charge in [0.25, 0.3) is 22.6 Å². The van der Waals surface area contributed by atoms with Crippen LogP contribution in [0.2, 0.25) is 5.02 Å². The van der Waals surface area contributed by atoms with Crippen molar-refractivity contribution in [2.24, 2.45) is 0 Å². The molecule has 17 N–H and O–H groups in total. The zero-order valence-corrected chi connectivity index (χ0v) is 71.0. The minimum absolute atomic E-state index is 0.00440. The molecule has 0 unspecified atom stereocenters. The second kappa shape index (κ2) is 34.6. The summed E-state index contributed by atoms with van der Waals surface area (Å²) in [5.74, 6) is 1.16. The van der Waals surface area contributed by atoms with Crippen LogP contribution < -0.4 is 53.3 Å². The lowest BCUT2D eigenvalue weighted by Gasteiger charge is -2.21. The molecule has 0 spiro atoms. The predicted octanol–water partition coefficient (Wildman–Crippen LogP) is 17.6. The van der Waals surface area contributed by atoms with E-state index in [-0.39, 0.29) is 121 Å². The zero-order valence-electron chi connectivity index (χ0n) is 70.2. The number of fused-ring (bicyclic) bond motifs is 10. The molecule has 2 amide bonds. The number of benzene rings is 9. The van der Waals surface area contributed by atoms with Gasteiger partial charge in [-0.1, -0.05) is 84.4 Å². The third-order valence-corrected chi connectivity index (χ3v) is 22.8. The molecule has 0 atom stereocenters. The summed E-state index contributed by atoms with van der Waals surface area (Å²) in [6.07, 6.45) is -8.51. The number of carbonyl (C=O) groups excluding carboxylic acids is 2. The Morgan fingerprint density at radius 3 is 1.53 bits per heavy atom. The first-order valence-electron chi connectivity index (χ1n) is 41.5. The number of ether oxygens (including phenoxy) is 1. The van der Waals surface area contributed by atoms with Gasteiger partial charge in [0.1, 0.15) is 40.4 Å². The average molecular weight is 1910 g/mol. The van der Waals surface area contributed by atoms with Gasteiger partial charge in [-0.05, 0) is 109 Å². The molecule has 9 aromatic carbocycles. The van der Waals surface area contributed by atoms with Crippen LogP contribution in [-0.4, -0.2) is 138 Å². The van der Waals surface area contributed by atoms with E-state index in [1.807, 2.05) is 72.8 Å². The van der Waals surface area contributed by atoms with Gasteiger partial charge >= 0.3 is 18.5 Å². The van der Waals surface area contributed by atoms with Crippen LogP contribution >= 0.6 is 11.6 Å². The SMILES string of the molecule is O=C1Cc2nc(-c3ccc4[nH][nH]c(=O)c4c3C(F)(F)F)nc(Nc3n[nH]c4ccccc34)c2CN1.O=C1NCc2ccc(-c3nc(Nc4n[nH]c5ccccc45)cc(-c4cnc[nH]4)n3)c(C(F)(F)F)c21.O=c1[nH][nH]c2ccc(-c3nc(Nc4n[nH]c5c(F)cccc45)c4ccncc4n3)c(Cl)c12.O=c1[nH][nH]c2ccc(-c3nc(Nc4n[nH]c5ccccc45)cc(Oc4ccccc4)n3)c(C(F)(F)F)c12. The summed E-state index contributed by atoms with van der Waals surface area (Å²) in [5.41, 5.74) is -0.866. The van der Waals surface area contributed by atoms with Gasteiger partial charge in [0.2, 0.25) is 11.8 Å². The van der Waals surface area contributed by atoms with Crippen molar-refractivity contribution < 1.29 is 58.2 Å². The number of para-hydroxylation sites is 5. The molecule has 139 heavy (non-hydrogen) atoms. The van der Waals surface area contributed by atoms with E-state index in [0.29, 0.717) is 90.4 Å². The van der Waals surface area contributed by atoms with Crippen LogP contribution in [0.5, 0.6) is 11.6 Å². The lowest BCUT2D eigenvalue weighted by molar-refractivity contribution is -0.137. The van der Waals surface area contributed by atoms with Crippen molar-refractivity contribution in [2.75, 3.05) is 21.3 Å². The van der Waals surface area contributed by atoms with E-state index >= 15 is 0 Å². The molecule has 2 aliphatic rings. The monoisotopic (exact) mass is 1910 g/mol. The molecule has 2 aliphatic heterocycles. The number of amides is 2. The summed E-state index contributed by atoms with van der Waals surface area (Å²) in [6, 6.07) is 51.6. The molecule has 48 heteroatoms. The van der Waals surface area contributed by atoms with Gasteiger partial charge in [0, 0.05) is 86.2 Å². The van der Waals surface area contributed by atoms with E-state index in [1.54, 1.807) is 79.1 Å². The molecule has 15 heterocycles. The Morgan fingerprint density at radius 1 is 0.403 bits per heavy atom. The highest BCUT2D eigenvalue weighted by Crippen LogP contribution is 2.47. The Bertz CT molecular complexity index is 8850. The van der Waals surface area contributed by atoms with Gasteiger partial charge in [-0.2, -0.15) is 64.9 Å². The number of hydrogen-bond acceptors (Lipinski definition) is 24. The Labute approximate surface area is 770 Å².